The third-order valence-corrected chi connectivity index (χ3v) is 5.72. The lowest BCUT2D eigenvalue weighted by Gasteiger charge is -2.25. The zero-order chi connectivity index (χ0) is 21.5. The largest absolute Gasteiger partial charge is 0.483 e. The van der Waals surface area contributed by atoms with Crippen LogP contribution in [0.5, 0.6) is 5.75 Å². The van der Waals surface area contributed by atoms with E-state index in [1.54, 1.807) is 19.2 Å². The van der Waals surface area contributed by atoms with E-state index in [9.17, 15) is 9.59 Å². The van der Waals surface area contributed by atoms with Crippen molar-refractivity contribution in [1.29, 1.82) is 0 Å². The average Bonchev–Trinajstić information content (AvgIpc) is 2.77. The van der Waals surface area contributed by atoms with Crippen molar-refractivity contribution < 1.29 is 14.3 Å². The van der Waals surface area contributed by atoms with Gasteiger partial charge in [-0.15, -0.1) is 0 Å². The highest BCUT2D eigenvalue weighted by Crippen LogP contribution is 2.26. The van der Waals surface area contributed by atoms with Crippen LogP contribution in [-0.2, 0) is 4.79 Å². The highest BCUT2D eigenvalue weighted by atomic mass is 16.5. The molecule has 2 amide bonds. The number of benzene rings is 2. The van der Waals surface area contributed by atoms with E-state index in [1.165, 1.54) is 11.3 Å². The molecule has 5 nitrogen and oxygen atoms in total. The number of anilines is 1. The summed E-state index contributed by atoms with van der Waals surface area (Å²) in [4.78, 5) is 27.2. The number of amides is 2. The minimum atomic E-state index is -0.202. The topological polar surface area (TPSA) is 58.6 Å². The first-order chi connectivity index (χ1) is 14.5. The monoisotopic (exact) mass is 408 g/mol. The normalized spacial score (nSPS) is 14.4. The number of likely N-dealkylation sites (N-methyl/N-ethyl adjacent to an activating group) is 1. The molecule has 5 heteroatoms. The molecule has 1 saturated carbocycles. The third-order valence-electron chi connectivity index (χ3n) is 5.72. The molecule has 0 spiro atoms. The Hall–Kier alpha value is -2.82. The second-order valence-electron chi connectivity index (χ2n) is 8.26. The lowest BCUT2D eigenvalue weighted by molar-refractivity contribution is -0.120. The number of carbonyl (C=O) groups excluding carboxylic acids is 2. The zero-order valence-electron chi connectivity index (χ0n) is 18.2. The smallest absolute Gasteiger partial charge is 0.264 e. The number of nitrogens with zero attached hydrogens (tertiary/aromatic N) is 1. The molecule has 0 atom stereocenters. The predicted molar refractivity (Wildman–Crippen MR) is 120 cm³/mol. The SMILES string of the molecule is CC(C)c1ccccc1OCC(=O)N(C)c1ccccc1C(=O)NC1CCCCC1. The van der Waals surface area contributed by atoms with Crippen molar-refractivity contribution in [3.63, 3.8) is 0 Å². The Morgan fingerprint density at radius 3 is 2.43 bits per heavy atom. The van der Waals surface area contributed by atoms with Crippen LogP contribution in [0.3, 0.4) is 0 Å². The lowest BCUT2D eigenvalue weighted by atomic mass is 9.95. The minimum Gasteiger partial charge on any atom is -0.483 e. The molecule has 0 heterocycles. The van der Waals surface area contributed by atoms with Gasteiger partial charge in [0.05, 0.1) is 11.3 Å². The van der Waals surface area contributed by atoms with Crippen molar-refractivity contribution in [3.8, 4) is 5.75 Å². The standard InChI is InChI=1S/C25H32N2O3/c1-18(2)20-13-8-10-16-23(20)30-17-24(28)27(3)22-15-9-7-14-21(22)25(29)26-19-11-5-4-6-12-19/h7-10,13-16,18-19H,4-6,11-12,17H2,1-3H3,(H,26,29). The summed E-state index contributed by atoms with van der Waals surface area (Å²) >= 11 is 0. The van der Waals surface area contributed by atoms with Gasteiger partial charge in [0.1, 0.15) is 5.75 Å². The molecule has 0 radical (unpaired) electrons. The molecule has 0 aromatic heterocycles. The van der Waals surface area contributed by atoms with Crippen LogP contribution in [0, 0.1) is 0 Å². The molecule has 0 unspecified atom stereocenters. The van der Waals surface area contributed by atoms with Crippen molar-refractivity contribution >= 4 is 17.5 Å². The number of ether oxygens (including phenoxy) is 1. The van der Waals surface area contributed by atoms with Gasteiger partial charge in [-0.3, -0.25) is 9.59 Å². The molecule has 0 bridgehead atoms. The van der Waals surface area contributed by atoms with Crippen molar-refractivity contribution in [2.24, 2.45) is 0 Å². The predicted octanol–water partition coefficient (Wildman–Crippen LogP) is 4.91. The molecule has 2 aromatic carbocycles. The number of hydrogen-bond acceptors (Lipinski definition) is 3. The van der Waals surface area contributed by atoms with E-state index in [0.29, 0.717) is 17.2 Å². The molecule has 1 aliphatic rings. The first-order valence-electron chi connectivity index (χ1n) is 10.9. The summed E-state index contributed by atoms with van der Waals surface area (Å²) in [5, 5.41) is 3.14. The lowest BCUT2D eigenvalue weighted by Crippen LogP contribution is -2.38. The molecule has 160 valence electrons. The van der Waals surface area contributed by atoms with E-state index in [2.05, 4.69) is 19.2 Å². The van der Waals surface area contributed by atoms with Gasteiger partial charge in [0, 0.05) is 13.1 Å². The van der Waals surface area contributed by atoms with Crippen LogP contribution in [0.1, 0.15) is 67.8 Å². The number of carbonyl (C=O) groups is 2. The highest BCUT2D eigenvalue weighted by Gasteiger charge is 2.22. The van der Waals surface area contributed by atoms with Gasteiger partial charge >= 0.3 is 0 Å². The summed E-state index contributed by atoms with van der Waals surface area (Å²) in [6.07, 6.45) is 5.58. The zero-order valence-corrected chi connectivity index (χ0v) is 18.2. The first-order valence-corrected chi connectivity index (χ1v) is 10.9. The van der Waals surface area contributed by atoms with E-state index >= 15 is 0 Å². The summed E-state index contributed by atoms with van der Waals surface area (Å²) in [6, 6.07) is 15.2. The molecule has 1 aliphatic carbocycles. The fourth-order valence-electron chi connectivity index (χ4n) is 3.93. The summed E-state index contributed by atoms with van der Waals surface area (Å²) in [7, 11) is 1.69. The molecular formula is C25H32N2O3. The Morgan fingerprint density at radius 1 is 1.03 bits per heavy atom. The van der Waals surface area contributed by atoms with Gasteiger partial charge in [0.15, 0.2) is 6.61 Å². The molecule has 1 fully saturated rings. The van der Waals surface area contributed by atoms with E-state index < -0.39 is 0 Å². The summed E-state index contributed by atoms with van der Waals surface area (Å²) in [6.45, 7) is 4.10. The van der Waals surface area contributed by atoms with Crippen molar-refractivity contribution in [3.05, 3.63) is 59.7 Å². The van der Waals surface area contributed by atoms with E-state index in [0.717, 1.165) is 37.0 Å². The average molecular weight is 409 g/mol. The van der Waals surface area contributed by atoms with Gasteiger partial charge in [-0.1, -0.05) is 63.4 Å². The maximum Gasteiger partial charge on any atom is 0.264 e. The summed E-state index contributed by atoms with van der Waals surface area (Å²) < 4.78 is 5.83. The van der Waals surface area contributed by atoms with Gasteiger partial charge < -0.3 is 15.0 Å². The van der Waals surface area contributed by atoms with Crippen LogP contribution >= 0.6 is 0 Å². The maximum atomic E-state index is 12.9. The fourth-order valence-corrected chi connectivity index (χ4v) is 3.93. The van der Waals surface area contributed by atoms with Crippen LogP contribution in [0.25, 0.3) is 0 Å². The van der Waals surface area contributed by atoms with E-state index in [4.69, 9.17) is 4.74 Å². The second-order valence-corrected chi connectivity index (χ2v) is 8.26. The highest BCUT2D eigenvalue weighted by molar-refractivity contribution is 6.05. The molecule has 3 rings (SSSR count). The number of nitrogens with one attached hydrogen (secondary N) is 1. The second kappa shape index (κ2) is 10.3. The van der Waals surface area contributed by atoms with Crippen LogP contribution < -0.4 is 15.0 Å². The van der Waals surface area contributed by atoms with Crippen LogP contribution in [0.4, 0.5) is 5.69 Å². The van der Waals surface area contributed by atoms with E-state index in [1.807, 2.05) is 36.4 Å². The van der Waals surface area contributed by atoms with Gasteiger partial charge in [0.2, 0.25) is 0 Å². The van der Waals surface area contributed by atoms with E-state index in [-0.39, 0.29) is 24.5 Å². The molecule has 30 heavy (non-hydrogen) atoms. The Kier molecular flexibility index (Phi) is 7.50. The Morgan fingerprint density at radius 2 is 1.70 bits per heavy atom. The summed E-state index contributed by atoms with van der Waals surface area (Å²) in [5.41, 5.74) is 2.18. The van der Waals surface area contributed by atoms with Crippen LogP contribution in [-0.4, -0.2) is 31.5 Å². The van der Waals surface area contributed by atoms with Crippen molar-refractivity contribution in [1.82, 2.24) is 5.32 Å². The Balaban J connectivity index is 1.68. The van der Waals surface area contributed by atoms with Gasteiger partial charge in [0.25, 0.3) is 11.8 Å². The Labute approximate surface area is 179 Å². The molecule has 0 aliphatic heterocycles. The number of para-hydroxylation sites is 2. The Bertz CT molecular complexity index is 872. The van der Waals surface area contributed by atoms with Gasteiger partial charge in [-0.25, -0.2) is 0 Å². The quantitative estimate of drug-likeness (QED) is 0.708. The van der Waals surface area contributed by atoms with Gasteiger partial charge in [-0.2, -0.15) is 0 Å². The maximum absolute atomic E-state index is 12.9. The molecule has 2 aromatic rings. The molecule has 0 saturated heterocycles. The van der Waals surface area contributed by atoms with Gasteiger partial charge in [-0.05, 0) is 42.5 Å². The number of rotatable bonds is 7. The summed E-state index contributed by atoms with van der Waals surface area (Å²) in [5.74, 6) is 0.700. The molecular weight excluding hydrogens is 376 g/mol. The first kappa shape index (κ1) is 21.9. The fraction of sp³-hybridized carbons (Fsp3) is 0.440. The van der Waals surface area contributed by atoms with Crippen molar-refractivity contribution in [2.75, 3.05) is 18.6 Å². The number of hydrogen-bond donors (Lipinski definition) is 1. The minimum absolute atomic E-state index is 0.0845. The van der Waals surface area contributed by atoms with Crippen molar-refractivity contribution in [2.45, 2.75) is 57.9 Å². The van der Waals surface area contributed by atoms with Crippen LogP contribution in [0.15, 0.2) is 48.5 Å². The van der Waals surface area contributed by atoms with Crippen LogP contribution in [0.2, 0.25) is 0 Å². The third kappa shape index (κ3) is 5.41. The molecule has 1 N–H and O–H groups in total.